The molecule has 0 atom stereocenters. The summed E-state index contributed by atoms with van der Waals surface area (Å²) >= 11 is 0. The summed E-state index contributed by atoms with van der Waals surface area (Å²) in [5, 5.41) is 2.16. The van der Waals surface area contributed by atoms with Gasteiger partial charge in [0.2, 0.25) is 5.52 Å². The van der Waals surface area contributed by atoms with Gasteiger partial charge >= 0.3 is 15.2 Å². The molecule has 0 radical (unpaired) electrons. The van der Waals surface area contributed by atoms with Crippen molar-refractivity contribution in [3.63, 3.8) is 0 Å². The molecule has 0 aliphatic rings. The van der Waals surface area contributed by atoms with Gasteiger partial charge in [0.1, 0.15) is 5.82 Å². The molecule has 0 aromatic carbocycles. The second kappa shape index (κ2) is 8.20. The van der Waals surface area contributed by atoms with E-state index < -0.39 is 20.7 Å². The van der Waals surface area contributed by atoms with E-state index in [4.69, 9.17) is 19.6 Å². The molecule has 8 nitrogen and oxygen atoms in total. The predicted octanol–water partition coefficient (Wildman–Crippen LogP) is 2.26. The van der Waals surface area contributed by atoms with Crippen molar-refractivity contribution in [2.75, 3.05) is 5.32 Å². The Morgan fingerprint density at radius 1 is 1.14 bits per heavy atom. The van der Waals surface area contributed by atoms with Crippen molar-refractivity contribution >= 4 is 21.0 Å². The van der Waals surface area contributed by atoms with Gasteiger partial charge in [0.25, 0.3) is 0 Å². The Bertz CT molecular complexity index is 548. The molecule has 0 spiro atoms. The Morgan fingerprint density at radius 3 is 2.32 bits per heavy atom. The molecule has 0 amide bonds. The van der Waals surface area contributed by atoms with Gasteiger partial charge in [-0.3, -0.25) is 9.13 Å². The van der Waals surface area contributed by atoms with Crippen LogP contribution >= 0.6 is 15.2 Å². The van der Waals surface area contributed by atoms with Crippen LogP contribution in [0.2, 0.25) is 0 Å². The molecule has 1 aromatic heterocycles. The first kappa shape index (κ1) is 19.3. The SMILES string of the molecule is CCCCCCc1ccnc(NC(P(=O)(O)O)P(=O)(O)O)c1. The van der Waals surface area contributed by atoms with Crippen molar-refractivity contribution in [1.29, 1.82) is 0 Å². The molecule has 5 N–H and O–H groups in total. The normalized spacial score (nSPS) is 12.6. The summed E-state index contributed by atoms with van der Waals surface area (Å²) in [6, 6.07) is 3.31. The Balaban J connectivity index is 2.80. The van der Waals surface area contributed by atoms with E-state index >= 15 is 0 Å². The molecule has 1 aromatic rings. The Labute approximate surface area is 129 Å². The van der Waals surface area contributed by atoms with Crippen LogP contribution in [0.15, 0.2) is 18.3 Å². The summed E-state index contributed by atoms with van der Waals surface area (Å²) in [7, 11) is -10.0. The number of aromatic nitrogens is 1. The maximum absolute atomic E-state index is 11.2. The molecule has 0 bridgehead atoms. The molecule has 22 heavy (non-hydrogen) atoms. The van der Waals surface area contributed by atoms with Crippen molar-refractivity contribution in [3.8, 4) is 0 Å². The third-order valence-electron chi connectivity index (χ3n) is 3.06. The molecular weight excluding hydrogens is 330 g/mol. The standard InChI is InChI=1S/C12H22N2O6P2/c1-2-3-4-5-6-10-7-8-13-11(9-10)14-12(21(15,16)17)22(18,19)20/h7-9,12H,2-6H2,1H3,(H,13,14)(H2,15,16,17)(H2,18,19,20). The van der Waals surface area contributed by atoms with Gasteiger partial charge < -0.3 is 24.9 Å². The topological polar surface area (TPSA) is 140 Å². The molecule has 0 saturated heterocycles. The molecule has 1 heterocycles. The quantitative estimate of drug-likeness (QED) is 0.337. The van der Waals surface area contributed by atoms with E-state index in [-0.39, 0.29) is 5.82 Å². The summed E-state index contributed by atoms with van der Waals surface area (Å²) < 4.78 is 22.4. The fourth-order valence-corrected chi connectivity index (χ4v) is 4.13. The van der Waals surface area contributed by atoms with Crippen LogP contribution in [0.1, 0.15) is 38.2 Å². The molecule has 10 heteroatoms. The molecule has 0 fully saturated rings. The van der Waals surface area contributed by atoms with E-state index in [9.17, 15) is 9.13 Å². The minimum atomic E-state index is -5.02. The van der Waals surface area contributed by atoms with Crippen LogP contribution in [0.5, 0.6) is 0 Å². The number of pyridine rings is 1. The lowest BCUT2D eigenvalue weighted by Gasteiger charge is -2.21. The van der Waals surface area contributed by atoms with Crippen molar-refractivity contribution in [3.05, 3.63) is 23.9 Å². The Morgan fingerprint density at radius 2 is 1.77 bits per heavy atom. The maximum Gasteiger partial charge on any atom is 0.360 e. The first-order valence-corrected chi connectivity index (χ1v) is 10.3. The lowest BCUT2D eigenvalue weighted by Crippen LogP contribution is -2.20. The number of rotatable bonds is 9. The number of unbranched alkanes of at least 4 members (excludes halogenated alkanes) is 3. The fraction of sp³-hybridized carbons (Fsp3) is 0.583. The van der Waals surface area contributed by atoms with E-state index in [1.54, 1.807) is 12.1 Å². The van der Waals surface area contributed by atoms with Gasteiger partial charge in [-0.1, -0.05) is 26.2 Å². The van der Waals surface area contributed by atoms with Crippen LogP contribution in [-0.2, 0) is 15.6 Å². The second-order valence-corrected chi connectivity index (χ2v) is 8.85. The fourth-order valence-electron chi connectivity index (χ4n) is 1.96. The highest BCUT2D eigenvalue weighted by Crippen LogP contribution is 2.59. The number of aryl methyl sites for hydroxylation is 1. The molecule has 1 rings (SSSR count). The van der Waals surface area contributed by atoms with Crippen molar-refractivity contribution in [2.45, 2.75) is 44.6 Å². The zero-order valence-corrected chi connectivity index (χ0v) is 14.1. The number of hydrogen-bond acceptors (Lipinski definition) is 4. The van der Waals surface area contributed by atoms with Gasteiger partial charge in [-0.05, 0) is 30.5 Å². The average molecular weight is 352 g/mol. The van der Waals surface area contributed by atoms with Crippen molar-refractivity contribution < 1.29 is 28.7 Å². The minimum absolute atomic E-state index is 0.0321. The molecule has 0 saturated carbocycles. The molecular formula is C12H22N2O6P2. The molecule has 0 aliphatic carbocycles. The van der Waals surface area contributed by atoms with Gasteiger partial charge in [-0.15, -0.1) is 0 Å². The van der Waals surface area contributed by atoms with Crippen molar-refractivity contribution in [1.82, 2.24) is 4.98 Å². The summed E-state index contributed by atoms with van der Waals surface area (Å²) in [6.45, 7) is 2.11. The van der Waals surface area contributed by atoms with Crippen LogP contribution < -0.4 is 5.32 Å². The first-order chi connectivity index (χ1) is 10.1. The van der Waals surface area contributed by atoms with Gasteiger partial charge in [0, 0.05) is 6.20 Å². The molecule has 0 aliphatic heterocycles. The minimum Gasteiger partial charge on any atom is -0.346 e. The third-order valence-corrected chi connectivity index (χ3v) is 6.40. The number of hydrogen-bond donors (Lipinski definition) is 5. The summed E-state index contributed by atoms with van der Waals surface area (Å²) in [5.41, 5.74) is -1.40. The maximum atomic E-state index is 11.2. The Hall–Kier alpha value is -0.750. The molecule has 126 valence electrons. The van der Waals surface area contributed by atoms with E-state index in [1.807, 2.05) is 0 Å². The van der Waals surface area contributed by atoms with Crippen LogP contribution in [0, 0.1) is 0 Å². The predicted molar refractivity (Wildman–Crippen MR) is 83.6 cm³/mol. The zero-order valence-electron chi connectivity index (χ0n) is 12.3. The smallest absolute Gasteiger partial charge is 0.346 e. The van der Waals surface area contributed by atoms with Crippen LogP contribution in [0.25, 0.3) is 0 Å². The van der Waals surface area contributed by atoms with E-state index in [0.29, 0.717) is 0 Å². The van der Waals surface area contributed by atoms with Gasteiger partial charge in [0.05, 0.1) is 0 Å². The van der Waals surface area contributed by atoms with E-state index in [1.165, 1.54) is 6.20 Å². The first-order valence-electron chi connectivity index (χ1n) is 6.96. The van der Waals surface area contributed by atoms with E-state index in [2.05, 4.69) is 17.2 Å². The third kappa shape index (κ3) is 6.57. The van der Waals surface area contributed by atoms with Crippen molar-refractivity contribution in [2.24, 2.45) is 0 Å². The number of anilines is 1. The summed E-state index contributed by atoms with van der Waals surface area (Å²) in [4.78, 5) is 40.1. The van der Waals surface area contributed by atoms with Gasteiger partial charge in [-0.25, -0.2) is 4.98 Å². The number of nitrogens with zero attached hydrogens (tertiary/aromatic N) is 1. The van der Waals surface area contributed by atoms with E-state index in [0.717, 1.165) is 37.7 Å². The molecule has 0 unspecified atom stereocenters. The number of nitrogens with one attached hydrogen (secondary N) is 1. The van der Waals surface area contributed by atoms with Crippen LogP contribution in [0.4, 0.5) is 5.82 Å². The van der Waals surface area contributed by atoms with Crippen LogP contribution in [-0.4, -0.2) is 30.1 Å². The lowest BCUT2D eigenvalue weighted by atomic mass is 10.1. The summed E-state index contributed by atoms with van der Waals surface area (Å²) in [5.74, 6) is 0.0321. The largest absolute Gasteiger partial charge is 0.360 e. The average Bonchev–Trinajstić information content (AvgIpc) is 2.39. The summed E-state index contributed by atoms with van der Waals surface area (Å²) in [6.07, 6.45) is 6.51. The Kier molecular flexibility index (Phi) is 7.19. The highest BCUT2D eigenvalue weighted by atomic mass is 31.2. The highest BCUT2D eigenvalue weighted by molar-refractivity contribution is 7.71. The monoisotopic (exact) mass is 352 g/mol. The highest BCUT2D eigenvalue weighted by Gasteiger charge is 2.43. The van der Waals surface area contributed by atoms with Gasteiger partial charge in [0.15, 0.2) is 0 Å². The second-order valence-electron chi connectivity index (χ2n) is 5.06. The lowest BCUT2D eigenvalue weighted by molar-refractivity contribution is 0.343. The zero-order chi connectivity index (χ0) is 16.8. The van der Waals surface area contributed by atoms with Gasteiger partial charge in [-0.2, -0.15) is 0 Å². The van der Waals surface area contributed by atoms with Crippen LogP contribution in [0.3, 0.4) is 0 Å².